The predicted molar refractivity (Wildman–Crippen MR) is 47.8 cm³/mol. The maximum Gasteiger partial charge on any atom is 0.290 e. The first kappa shape index (κ1) is 13.2. The lowest BCUT2D eigenvalue weighted by molar-refractivity contribution is -0.122. The van der Waals surface area contributed by atoms with Gasteiger partial charge in [-0.3, -0.25) is 4.79 Å². The summed E-state index contributed by atoms with van der Waals surface area (Å²) in [6.07, 6.45) is 11.7. The van der Waals surface area contributed by atoms with Gasteiger partial charge in [-0.2, -0.15) is 0 Å². The van der Waals surface area contributed by atoms with E-state index in [1.54, 1.807) is 6.08 Å². The molecule has 0 bridgehead atoms. The standard InChI is InChI=1S/C8H12O.CH2O2/c1-2-3-4-5-6-7-8-9;2-1-3/h1,7-9H,3-6H2;1H,(H,2,3). The van der Waals surface area contributed by atoms with Crippen LogP contribution in [0.25, 0.3) is 0 Å². The summed E-state index contributed by atoms with van der Waals surface area (Å²) in [5, 5.41) is 15.1. The van der Waals surface area contributed by atoms with Gasteiger partial charge in [0, 0.05) is 6.42 Å². The Hall–Kier alpha value is -1.43. The van der Waals surface area contributed by atoms with Crippen molar-refractivity contribution in [1.29, 1.82) is 0 Å². The molecule has 0 aromatic carbocycles. The molecule has 68 valence electrons. The molecule has 0 fully saturated rings. The van der Waals surface area contributed by atoms with Crippen LogP contribution in [0.3, 0.4) is 0 Å². The maximum atomic E-state index is 8.36. The fourth-order valence-electron chi connectivity index (χ4n) is 0.564. The summed E-state index contributed by atoms with van der Waals surface area (Å²) in [4.78, 5) is 8.36. The molecule has 0 aromatic heterocycles. The van der Waals surface area contributed by atoms with E-state index in [-0.39, 0.29) is 6.47 Å². The minimum atomic E-state index is -0.250. The maximum absolute atomic E-state index is 8.36. The van der Waals surface area contributed by atoms with Crippen LogP contribution in [0.5, 0.6) is 0 Å². The van der Waals surface area contributed by atoms with Crippen LogP contribution in [-0.4, -0.2) is 16.7 Å². The Morgan fingerprint density at radius 2 is 1.92 bits per heavy atom. The van der Waals surface area contributed by atoms with Gasteiger partial charge in [0.25, 0.3) is 6.47 Å². The summed E-state index contributed by atoms with van der Waals surface area (Å²) in [6, 6.07) is 0. The third kappa shape index (κ3) is 23.5. The number of hydrogen-bond acceptors (Lipinski definition) is 2. The van der Waals surface area contributed by atoms with Gasteiger partial charge in [-0.15, -0.1) is 12.3 Å². The van der Waals surface area contributed by atoms with Gasteiger partial charge in [0.1, 0.15) is 0 Å². The molecular weight excluding hydrogens is 156 g/mol. The number of carboxylic acid groups (broad SMARTS) is 1. The molecule has 0 spiro atoms. The molecule has 0 saturated carbocycles. The number of terminal acetylenes is 1. The Bertz CT molecular complexity index is 144. The van der Waals surface area contributed by atoms with E-state index < -0.39 is 0 Å². The van der Waals surface area contributed by atoms with E-state index in [4.69, 9.17) is 21.4 Å². The molecule has 12 heavy (non-hydrogen) atoms. The Labute approximate surface area is 72.7 Å². The van der Waals surface area contributed by atoms with Gasteiger partial charge < -0.3 is 10.2 Å². The van der Waals surface area contributed by atoms with Crippen molar-refractivity contribution in [2.75, 3.05) is 0 Å². The number of aliphatic hydroxyl groups is 1. The van der Waals surface area contributed by atoms with E-state index in [2.05, 4.69) is 5.92 Å². The first-order chi connectivity index (χ1) is 5.83. The van der Waals surface area contributed by atoms with Crippen LogP contribution in [-0.2, 0) is 4.79 Å². The quantitative estimate of drug-likeness (QED) is 0.293. The van der Waals surface area contributed by atoms with E-state index >= 15 is 0 Å². The Morgan fingerprint density at radius 3 is 2.33 bits per heavy atom. The summed E-state index contributed by atoms with van der Waals surface area (Å²) in [6.45, 7) is -0.250. The van der Waals surface area contributed by atoms with Crippen molar-refractivity contribution in [3.05, 3.63) is 12.3 Å². The van der Waals surface area contributed by atoms with Crippen LogP contribution >= 0.6 is 0 Å². The van der Waals surface area contributed by atoms with Crippen molar-refractivity contribution in [2.45, 2.75) is 25.7 Å². The molecule has 0 aliphatic heterocycles. The van der Waals surface area contributed by atoms with E-state index in [0.717, 1.165) is 31.9 Å². The molecule has 2 N–H and O–H groups in total. The second-order valence-corrected chi connectivity index (χ2v) is 1.94. The Balaban J connectivity index is 0. The lowest BCUT2D eigenvalue weighted by Crippen LogP contribution is -1.71. The van der Waals surface area contributed by atoms with Crippen molar-refractivity contribution in [2.24, 2.45) is 0 Å². The zero-order chi connectivity index (χ0) is 9.66. The molecule has 0 aromatic rings. The van der Waals surface area contributed by atoms with Crippen LogP contribution in [0.2, 0.25) is 0 Å². The average Bonchev–Trinajstić information content (AvgIpc) is 2.06. The molecule has 0 aliphatic carbocycles. The molecule has 3 nitrogen and oxygen atoms in total. The minimum absolute atomic E-state index is 0.250. The molecule has 0 unspecified atom stereocenters. The summed E-state index contributed by atoms with van der Waals surface area (Å²) >= 11 is 0. The normalized spacial score (nSPS) is 8.25. The summed E-state index contributed by atoms with van der Waals surface area (Å²) in [7, 11) is 0. The highest BCUT2D eigenvalue weighted by Crippen LogP contribution is 1.98. The van der Waals surface area contributed by atoms with Crippen molar-refractivity contribution < 1.29 is 15.0 Å². The molecule has 3 heteroatoms. The van der Waals surface area contributed by atoms with Gasteiger partial charge in [-0.05, 0) is 19.3 Å². The SMILES string of the molecule is C#CCCCCC=CO.O=CO. The smallest absolute Gasteiger partial charge is 0.290 e. The fourth-order valence-corrected chi connectivity index (χ4v) is 0.564. The van der Waals surface area contributed by atoms with E-state index in [9.17, 15) is 0 Å². The highest BCUT2D eigenvalue weighted by Gasteiger charge is 1.81. The van der Waals surface area contributed by atoms with Gasteiger partial charge in [0.2, 0.25) is 0 Å². The number of rotatable bonds is 4. The van der Waals surface area contributed by atoms with E-state index in [1.165, 1.54) is 0 Å². The van der Waals surface area contributed by atoms with Crippen LogP contribution in [0.1, 0.15) is 25.7 Å². The predicted octanol–water partition coefficient (Wildman–Crippen LogP) is 1.95. The minimum Gasteiger partial charge on any atom is -0.516 e. The molecule has 0 radical (unpaired) electrons. The number of unbranched alkanes of at least 4 members (excludes halogenated alkanes) is 3. The molecular formula is C9H14O3. The third-order valence-corrected chi connectivity index (χ3v) is 1.05. The number of hydrogen-bond donors (Lipinski definition) is 2. The number of allylic oxidation sites excluding steroid dienone is 1. The number of carbonyl (C=O) groups is 1. The zero-order valence-corrected chi connectivity index (χ0v) is 6.94. The zero-order valence-electron chi connectivity index (χ0n) is 6.94. The molecule has 0 amide bonds. The first-order valence-corrected chi connectivity index (χ1v) is 3.64. The first-order valence-electron chi connectivity index (χ1n) is 3.64. The van der Waals surface area contributed by atoms with E-state index in [0.29, 0.717) is 0 Å². The van der Waals surface area contributed by atoms with E-state index in [1.807, 2.05) is 0 Å². The Kier molecular flexibility index (Phi) is 17.9. The third-order valence-electron chi connectivity index (χ3n) is 1.05. The average molecular weight is 170 g/mol. The molecule has 0 aliphatic rings. The molecule has 0 heterocycles. The topological polar surface area (TPSA) is 57.5 Å². The van der Waals surface area contributed by atoms with Crippen LogP contribution in [0.4, 0.5) is 0 Å². The largest absolute Gasteiger partial charge is 0.516 e. The van der Waals surface area contributed by atoms with Crippen molar-refractivity contribution in [3.8, 4) is 12.3 Å². The highest BCUT2D eigenvalue weighted by molar-refractivity contribution is 5.32. The molecule has 0 saturated heterocycles. The van der Waals surface area contributed by atoms with Gasteiger partial charge in [0.05, 0.1) is 6.26 Å². The summed E-state index contributed by atoms with van der Waals surface area (Å²) in [5.74, 6) is 2.56. The lowest BCUT2D eigenvalue weighted by atomic mass is 10.2. The van der Waals surface area contributed by atoms with Gasteiger partial charge in [0.15, 0.2) is 0 Å². The molecule has 0 atom stereocenters. The van der Waals surface area contributed by atoms with Gasteiger partial charge in [-0.25, -0.2) is 0 Å². The summed E-state index contributed by atoms with van der Waals surface area (Å²) < 4.78 is 0. The second-order valence-electron chi connectivity index (χ2n) is 1.94. The van der Waals surface area contributed by atoms with Crippen molar-refractivity contribution in [1.82, 2.24) is 0 Å². The fraction of sp³-hybridized carbons (Fsp3) is 0.444. The van der Waals surface area contributed by atoms with Crippen LogP contribution in [0, 0.1) is 12.3 Å². The van der Waals surface area contributed by atoms with Gasteiger partial charge in [-0.1, -0.05) is 6.08 Å². The summed E-state index contributed by atoms with van der Waals surface area (Å²) in [5.41, 5.74) is 0. The van der Waals surface area contributed by atoms with Crippen LogP contribution in [0.15, 0.2) is 12.3 Å². The van der Waals surface area contributed by atoms with Crippen molar-refractivity contribution >= 4 is 6.47 Å². The number of aliphatic hydroxyl groups excluding tert-OH is 1. The van der Waals surface area contributed by atoms with Crippen molar-refractivity contribution in [3.63, 3.8) is 0 Å². The molecule has 0 rings (SSSR count). The highest BCUT2D eigenvalue weighted by atomic mass is 16.3. The second kappa shape index (κ2) is 16.3. The Morgan fingerprint density at radius 1 is 1.33 bits per heavy atom. The lowest BCUT2D eigenvalue weighted by Gasteiger charge is -1.88. The monoisotopic (exact) mass is 170 g/mol. The van der Waals surface area contributed by atoms with Gasteiger partial charge >= 0.3 is 0 Å². The van der Waals surface area contributed by atoms with Crippen LogP contribution < -0.4 is 0 Å².